The van der Waals surface area contributed by atoms with Gasteiger partial charge in [-0.1, -0.05) is 26.8 Å². The minimum Gasteiger partial charge on any atom is -0.491 e. The molecule has 0 spiro atoms. The number of hydrogen-bond donors (Lipinski definition) is 1. The first kappa shape index (κ1) is 14.7. The molecule has 2 rings (SSSR count). The number of nitrogens with two attached hydrogens (primary N) is 1. The van der Waals surface area contributed by atoms with Gasteiger partial charge in [0.25, 0.3) is 0 Å². The third-order valence-electron chi connectivity index (χ3n) is 3.40. The zero-order chi connectivity index (χ0) is 14.5. The largest absolute Gasteiger partial charge is 0.491 e. The number of nitrogens with zero attached hydrogens (tertiary/aromatic N) is 2. The topological polar surface area (TPSA) is 53.1 Å². The van der Waals surface area contributed by atoms with Crippen LogP contribution in [0.4, 0.5) is 5.95 Å². The van der Waals surface area contributed by atoms with Crippen LogP contribution < -0.4 is 10.5 Å². The van der Waals surface area contributed by atoms with Crippen molar-refractivity contribution in [2.75, 3.05) is 12.3 Å². The van der Waals surface area contributed by atoms with Gasteiger partial charge in [-0.2, -0.15) is 0 Å². The van der Waals surface area contributed by atoms with Gasteiger partial charge in [-0.3, -0.25) is 0 Å². The van der Waals surface area contributed by atoms with Crippen LogP contribution in [0.1, 0.15) is 40.0 Å². The van der Waals surface area contributed by atoms with Gasteiger partial charge in [-0.25, -0.2) is 4.98 Å². The van der Waals surface area contributed by atoms with Crippen molar-refractivity contribution in [1.82, 2.24) is 9.55 Å². The molecule has 0 saturated carbocycles. The molecule has 110 valence electrons. The Morgan fingerprint density at radius 3 is 2.85 bits per heavy atom. The van der Waals surface area contributed by atoms with Gasteiger partial charge in [-0.15, -0.1) is 0 Å². The number of fused-ring (bicyclic) bond motifs is 1. The molecular formula is C16H25N3O. The summed E-state index contributed by atoms with van der Waals surface area (Å²) in [4.78, 5) is 4.48. The number of nitrogen functional groups attached to an aromatic ring is 1. The minimum absolute atomic E-state index is 0.580. The number of benzene rings is 1. The van der Waals surface area contributed by atoms with Crippen molar-refractivity contribution in [1.29, 1.82) is 0 Å². The van der Waals surface area contributed by atoms with Gasteiger partial charge in [0.15, 0.2) is 0 Å². The van der Waals surface area contributed by atoms with Gasteiger partial charge in [-0.05, 0) is 37.3 Å². The maximum absolute atomic E-state index is 6.06. The molecule has 0 bridgehead atoms. The monoisotopic (exact) mass is 275 g/mol. The Morgan fingerprint density at radius 1 is 1.35 bits per heavy atom. The second kappa shape index (κ2) is 6.64. The molecule has 1 aromatic heterocycles. The van der Waals surface area contributed by atoms with Crippen molar-refractivity contribution in [3.63, 3.8) is 0 Å². The predicted molar refractivity (Wildman–Crippen MR) is 84.0 cm³/mol. The summed E-state index contributed by atoms with van der Waals surface area (Å²) in [6.45, 7) is 8.20. The van der Waals surface area contributed by atoms with E-state index in [1.807, 2.05) is 12.1 Å². The number of anilines is 1. The second-order valence-corrected chi connectivity index (χ2v) is 5.63. The summed E-state index contributed by atoms with van der Waals surface area (Å²) in [6, 6.07) is 6.03. The molecule has 0 aliphatic heterocycles. The first-order valence-corrected chi connectivity index (χ1v) is 7.51. The maximum Gasteiger partial charge on any atom is 0.201 e. The molecule has 2 N–H and O–H groups in total. The van der Waals surface area contributed by atoms with Gasteiger partial charge in [0.2, 0.25) is 5.95 Å². The Balaban J connectivity index is 2.24. The molecule has 1 aromatic carbocycles. The van der Waals surface area contributed by atoms with Gasteiger partial charge >= 0.3 is 0 Å². The van der Waals surface area contributed by atoms with Crippen molar-refractivity contribution >= 4 is 17.0 Å². The van der Waals surface area contributed by atoms with Crippen molar-refractivity contribution in [3.05, 3.63) is 18.2 Å². The first-order chi connectivity index (χ1) is 9.63. The van der Waals surface area contributed by atoms with Crippen molar-refractivity contribution in [2.45, 2.75) is 46.6 Å². The Kier molecular flexibility index (Phi) is 4.88. The lowest BCUT2D eigenvalue weighted by Gasteiger charge is -2.09. The average molecular weight is 275 g/mol. The lowest BCUT2D eigenvalue weighted by Crippen LogP contribution is -2.04. The normalized spacial score (nSPS) is 11.4. The maximum atomic E-state index is 6.06. The zero-order valence-electron chi connectivity index (χ0n) is 12.7. The number of aryl methyl sites for hydroxylation is 1. The lowest BCUT2D eigenvalue weighted by molar-refractivity contribution is 0.320. The van der Waals surface area contributed by atoms with Crippen LogP contribution in [0.3, 0.4) is 0 Å². The molecule has 4 heteroatoms. The molecular weight excluding hydrogens is 250 g/mol. The van der Waals surface area contributed by atoms with Gasteiger partial charge in [0.05, 0.1) is 12.1 Å². The van der Waals surface area contributed by atoms with Gasteiger partial charge in [0.1, 0.15) is 11.3 Å². The molecule has 0 aliphatic carbocycles. The van der Waals surface area contributed by atoms with E-state index < -0.39 is 0 Å². The molecule has 1 heterocycles. The summed E-state index contributed by atoms with van der Waals surface area (Å²) in [7, 11) is 0. The molecule has 4 nitrogen and oxygen atoms in total. The van der Waals surface area contributed by atoms with Crippen LogP contribution in [0.25, 0.3) is 11.0 Å². The van der Waals surface area contributed by atoms with Crippen LogP contribution in [-0.4, -0.2) is 16.2 Å². The molecule has 0 amide bonds. The highest BCUT2D eigenvalue weighted by Gasteiger charge is 2.12. The Labute approximate surface area is 120 Å². The van der Waals surface area contributed by atoms with Crippen LogP contribution in [0.15, 0.2) is 18.2 Å². The standard InChI is InChI=1S/C16H25N3O/c1-4-11-20-14-9-5-8-13-15(14)18-16(17)19(13)10-6-7-12(2)3/h5,8-9,12H,4,6-7,10-11H2,1-3H3,(H2,17,18). The molecule has 0 radical (unpaired) electrons. The quantitative estimate of drug-likeness (QED) is 0.835. The summed E-state index contributed by atoms with van der Waals surface area (Å²) in [5, 5.41) is 0. The van der Waals surface area contributed by atoms with Crippen LogP contribution >= 0.6 is 0 Å². The number of imidazole rings is 1. The van der Waals surface area contributed by atoms with Crippen molar-refractivity contribution in [2.24, 2.45) is 5.92 Å². The van der Waals surface area contributed by atoms with E-state index in [2.05, 4.69) is 36.4 Å². The number of para-hydroxylation sites is 1. The van der Waals surface area contributed by atoms with E-state index >= 15 is 0 Å². The number of ether oxygens (including phenoxy) is 1. The summed E-state index contributed by atoms with van der Waals surface area (Å²) in [5.74, 6) is 2.13. The van der Waals surface area contributed by atoms with E-state index in [1.54, 1.807) is 0 Å². The van der Waals surface area contributed by atoms with E-state index in [-0.39, 0.29) is 0 Å². The highest BCUT2D eigenvalue weighted by atomic mass is 16.5. The third-order valence-corrected chi connectivity index (χ3v) is 3.40. The lowest BCUT2D eigenvalue weighted by atomic mass is 10.1. The van der Waals surface area contributed by atoms with E-state index in [4.69, 9.17) is 10.5 Å². The van der Waals surface area contributed by atoms with Crippen molar-refractivity contribution in [3.8, 4) is 5.75 Å². The molecule has 20 heavy (non-hydrogen) atoms. The fourth-order valence-electron chi connectivity index (χ4n) is 2.36. The fraction of sp³-hybridized carbons (Fsp3) is 0.562. The van der Waals surface area contributed by atoms with Crippen molar-refractivity contribution < 1.29 is 4.74 Å². The second-order valence-electron chi connectivity index (χ2n) is 5.63. The summed E-state index contributed by atoms with van der Waals surface area (Å²) >= 11 is 0. The molecule has 0 unspecified atom stereocenters. The number of hydrogen-bond acceptors (Lipinski definition) is 3. The Bertz CT molecular complexity index is 560. The number of rotatable bonds is 7. The van der Waals surface area contributed by atoms with E-state index in [1.165, 1.54) is 6.42 Å². The van der Waals surface area contributed by atoms with Crippen LogP contribution in [-0.2, 0) is 6.54 Å². The summed E-state index contributed by atoms with van der Waals surface area (Å²) in [5.41, 5.74) is 8.01. The summed E-state index contributed by atoms with van der Waals surface area (Å²) in [6.07, 6.45) is 3.31. The summed E-state index contributed by atoms with van der Waals surface area (Å²) < 4.78 is 7.84. The molecule has 0 atom stereocenters. The molecule has 0 aliphatic rings. The highest BCUT2D eigenvalue weighted by molar-refractivity contribution is 5.84. The number of aromatic nitrogens is 2. The van der Waals surface area contributed by atoms with E-state index in [0.717, 1.165) is 42.1 Å². The highest BCUT2D eigenvalue weighted by Crippen LogP contribution is 2.27. The van der Waals surface area contributed by atoms with Gasteiger partial charge in [0, 0.05) is 6.54 Å². The third kappa shape index (κ3) is 3.24. The minimum atomic E-state index is 0.580. The molecule has 0 saturated heterocycles. The first-order valence-electron chi connectivity index (χ1n) is 7.51. The SMILES string of the molecule is CCCOc1cccc2c1nc(N)n2CCCC(C)C. The van der Waals surface area contributed by atoms with Crippen LogP contribution in [0.2, 0.25) is 0 Å². The zero-order valence-corrected chi connectivity index (χ0v) is 12.7. The van der Waals surface area contributed by atoms with Crippen LogP contribution in [0, 0.1) is 5.92 Å². The smallest absolute Gasteiger partial charge is 0.201 e. The van der Waals surface area contributed by atoms with Crippen LogP contribution in [0.5, 0.6) is 5.75 Å². The fourth-order valence-corrected chi connectivity index (χ4v) is 2.36. The molecule has 2 aromatic rings. The predicted octanol–water partition coefficient (Wildman–Crippen LogP) is 3.84. The Hall–Kier alpha value is -1.71. The van der Waals surface area contributed by atoms with E-state index in [9.17, 15) is 0 Å². The van der Waals surface area contributed by atoms with Gasteiger partial charge < -0.3 is 15.0 Å². The average Bonchev–Trinajstić information content (AvgIpc) is 2.73. The Morgan fingerprint density at radius 2 is 2.15 bits per heavy atom. The molecule has 0 fully saturated rings. The van der Waals surface area contributed by atoms with E-state index in [0.29, 0.717) is 12.6 Å².